The van der Waals surface area contributed by atoms with Crippen molar-refractivity contribution in [2.75, 3.05) is 6.54 Å². The predicted octanol–water partition coefficient (Wildman–Crippen LogP) is 5.44. The van der Waals surface area contributed by atoms with Gasteiger partial charge in [0.1, 0.15) is 0 Å². The summed E-state index contributed by atoms with van der Waals surface area (Å²) < 4.78 is 0. The topological polar surface area (TPSA) is 12.0 Å². The second-order valence-corrected chi connectivity index (χ2v) is 8.25. The van der Waals surface area contributed by atoms with Crippen LogP contribution < -0.4 is 5.32 Å². The molecule has 1 nitrogen and oxygen atoms in total. The van der Waals surface area contributed by atoms with E-state index in [0.29, 0.717) is 22.8 Å². The van der Waals surface area contributed by atoms with Gasteiger partial charge in [0.25, 0.3) is 0 Å². The maximum absolute atomic E-state index is 3.81. The Hall–Kier alpha value is -0.820. The minimum atomic E-state index is 0.324. The molecule has 0 heterocycles. The third-order valence-corrected chi connectivity index (χ3v) is 4.39. The first-order chi connectivity index (χ1) is 9.12. The summed E-state index contributed by atoms with van der Waals surface area (Å²) in [4.78, 5) is 0. The molecule has 1 unspecified atom stereocenters. The molecule has 0 saturated carbocycles. The van der Waals surface area contributed by atoms with Crippen LogP contribution in [0.25, 0.3) is 0 Å². The van der Waals surface area contributed by atoms with E-state index in [1.54, 1.807) is 0 Å². The van der Waals surface area contributed by atoms with E-state index in [1.165, 1.54) is 5.56 Å². The van der Waals surface area contributed by atoms with Crippen molar-refractivity contribution in [3.05, 3.63) is 35.9 Å². The summed E-state index contributed by atoms with van der Waals surface area (Å²) in [6.07, 6.45) is 1.16. The summed E-state index contributed by atoms with van der Waals surface area (Å²) >= 11 is 0. The van der Waals surface area contributed by atoms with Crippen molar-refractivity contribution in [1.82, 2.24) is 5.32 Å². The molecule has 0 spiro atoms. The molecule has 1 aromatic rings. The molecule has 0 fully saturated rings. The molecule has 0 amide bonds. The van der Waals surface area contributed by atoms with E-state index in [1.807, 2.05) is 0 Å². The third-order valence-electron chi connectivity index (χ3n) is 4.39. The van der Waals surface area contributed by atoms with Gasteiger partial charge in [-0.25, -0.2) is 0 Å². The van der Waals surface area contributed by atoms with Crippen LogP contribution in [-0.4, -0.2) is 6.54 Å². The monoisotopic (exact) mass is 275 g/mol. The summed E-state index contributed by atoms with van der Waals surface area (Å²) in [5, 5.41) is 3.81. The molecule has 114 valence electrons. The molecule has 0 radical (unpaired) electrons. The average Bonchev–Trinajstić information content (AvgIpc) is 2.34. The molecule has 1 rings (SSSR count). The fourth-order valence-corrected chi connectivity index (χ4v) is 2.20. The SMILES string of the molecule is CC(C)C(C)(C)CNC(CC(C)(C)C)c1ccccc1. The Bertz CT molecular complexity index is 384. The van der Waals surface area contributed by atoms with E-state index in [-0.39, 0.29) is 0 Å². The van der Waals surface area contributed by atoms with Crippen LogP contribution in [0.5, 0.6) is 0 Å². The molecule has 20 heavy (non-hydrogen) atoms. The molecular weight excluding hydrogens is 242 g/mol. The standard InChI is InChI=1S/C19H33N/c1-15(2)19(6,7)14-20-17(13-18(3,4)5)16-11-9-8-10-12-16/h8-12,15,17,20H,13-14H2,1-7H3. The van der Waals surface area contributed by atoms with Gasteiger partial charge in [-0.1, -0.05) is 78.8 Å². The molecule has 1 N–H and O–H groups in total. The summed E-state index contributed by atoms with van der Waals surface area (Å²) in [5.74, 6) is 0.682. The highest BCUT2D eigenvalue weighted by Gasteiger charge is 2.25. The van der Waals surface area contributed by atoms with E-state index in [2.05, 4.69) is 84.1 Å². The molecule has 0 aliphatic rings. The van der Waals surface area contributed by atoms with Crippen molar-refractivity contribution in [1.29, 1.82) is 0 Å². The Morgan fingerprint density at radius 1 is 0.950 bits per heavy atom. The Kier molecular flexibility index (Phi) is 5.82. The van der Waals surface area contributed by atoms with Gasteiger partial charge in [0.2, 0.25) is 0 Å². The van der Waals surface area contributed by atoms with E-state index in [9.17, 15) is 0 Å². The van der Waals surface area contributed by atoms with Gasteiger partial charge in [-0.05, 0) is 28.7 Å². The lowest BCUT2D eigenvalue weighted by molar-refractivity contribution is 0.213. The first kappa shape index (κ1) is 17.2. The Balaban J connectivity index is 2.80. The molecule has 1 aromatic carbocycles. The zero-order valence-corrected chi connectivity index (χ0v) is 14.5. The summed E-state index contributed by atoms with van der Waals surface area (Å²) in [6.45, 7) is 17.3. The lowest BCUT2D eigenvalue weighted by Gasteiger charge is -2.34. The smallest absolute Gasteiger partial charge is 0.0325 e. The molecule has 0 aromatic heterocycles. The van der Waals surface area contributed by atoms with Crippen molar-refractivity contribution in [3.8, 4) is 0 Å². The molecular formula is C19H33N. The third kappa shape index (κ3) is 5.66. The number of benzene rings is 1. The van der Waals surface area contributed by atoms with E-state index >= 15 is 0 Å². The van der Waals surface area contributed by atoms with E-state index in [0.717, 1.165) is 13.0 Å². The molecule has 0 aliphatic heterocycles. The highest BCUT2D eigenvalue weighted by molar-refractivity contribution is 5.19. The predicted molar refractivity (Wildman–Crippen MR) is 89.9 cm³/mol. The normalized spacial score (nSPS) is 14.6. The first-order valence-electron chi connectivity index (χ1n) is 7.90. The fraction of sp³-hybridized carbons (Fsp3) is 0.684. The summed E-state index contributed by atoms with van der Waals surface area (Å²) in [5.41, 5.74) is 2.06. The van der Waals surface area contributed by atoms with Crippen LogP contribution in [0, 0.1) is 16.7 Å². The van der Waals surface area contributed by atoms with Crippen LogP contribution >= 0.6 is 0 Å². The van der Waals surface area contributed by atoms with Gasteiger partial charge in [-0.15, -0.1) is 0 Å². The van der Waals surface area contributed by atoms with Gasteiger partial charge in [0.15, 0.2) is 0 Å². The molecule has 0 bridgehead atoms. The number of nitrogens with one attached hydrogen (secondary N) is 1. The van der Waals surface area contributed by atoms with E-state index in [4.69, 9.17) is 0 Å². The quantitative estimate of drug-likeness (QED) is 0.729. The van der Waals surface area contributed by atoms with Gasteiger partial charge < -0.3 is 5.32 Å². The van der Waals surface area contributed by atoms with Crippen LogP contribution in [0.1, 0.15) is 66.5 Å². The van der Waals surface area contributed by atoms with Crippen molar-refractivity contribution in [3.63, 3.8) is 0 Å². The molecule has 1 atom stereocenters. The number of hydrogen-bond acceptors (Lipinski definition) is 1. The van der Waals surface area contributed by atoms with Crippen LogP contribution in [0.15, 0.2) is 30.3 Å². The number of hydrogen-bond donors (Lipinski definition) is 1. The Morgan fingerprint density at radius 2 is 1.50 bits per heavy atom. The Labute approximate surface area is 126 Å². The highest BCUT2D eigenvalue weighted by Crippen LogP contribution is 2.31. The van der Waals surface area contributed by atoms with Gasteiger partial charge >= 0.3 is 0 Å². The van der Waals surface area contributed by atoms with E-state index < -0.39 is 0 Å². The second kappa shape index (κ2) is 6.76. The Morgan fingerprint density at radius 3 is 1.95 bits per heavy atom. The zero-order chi connectivity index (χ0) is 15.4. The summed E-state index contributed by atoms with van der Waals surface area (Å²) in [7, 11) is 0. The van der Waals surface area contributed by atoms with Crippen LogP contribution in [0.3, 0.4) is 0 Å². The highest BCUT2D eigenvalue weighted by atomic mass is 14.9. The van der Waals surface area contributed by atoms with Crippen LogP contribution in [0.4, 0.5) is 0 Å². The van der Waals surface area contributed by atoms with Crippen molar-refractivity contribution in [2.24, 2.45) is 16.7 Å². The van der Waals surface area contributed by atoms with Gasteiger partial charge in [-0.3, -0.25) is 0 Å². The summed E-state index contributed by atoms with van der Waals surface area (Å²) in [6, 6.07) is 11.3. The maximum atomic E-state index is 3.81. The first-order valence-corrected chi connectivity index (χ1v) is 7.90. The van der Waals surface area contributed by atoms with Crippen molar-refractivity contribution < 1.29 is 0 Å². The van der Waals surface area contributed by atoms with Crippen LogP contribution in [-0.2, 0) is 0 Å². The van der Waals surface area contributed by atoms with Crippen molar-refractivity contribution in [2.45, 2.75) is 60.9 Å². The fourth-order valence-electron chi connectivity index (χ4n) is 2.20. The average molecular weight is 275 g/mol. The zero-order valence-electron chi connectivity index (χ0n) is 14.5. The van der Waals surface area contributed by atoms with Crippen LogP contribution in [0.2, 0.25) is 0 Å². The largest absolute Gasteiger partial charge is 0.309 e. The lowest BCUT2D eigenvalue weighted by Crippen LogP contribution is -2.36. The minimum absolute atomic E-state index is 0.324. The molecule has 0 aliphatic carbocycles. The van der Waals surface area contributed by atoms with Gasteiger partial charge in [-0.2, -0.15) is 0 Å². The minimum Gasteiger partial charge on any atom is -0.309 e. The molecule has 1 heteroatoms. The second-order valence-electron chi connectivity index (χ2n) is 8.25. The maximum Gasteiger partial charge on any atom is 0.0325 e. The number of rotatable bonds is 6. The lowest BCUT2D eigenvalue weighted by atomic mass is 9.80. The van der Waals surface area contributed by atoms with Gasteiger partial charge in [0, 0.05) is 12.6 Å². The van der Waals surface area contributed by atoms with Crippen molar-refractivity contribution >= 4 is 0 Å². The van der Waals surface area contributed by atoms with Gasteiger partial charge in [0.05, 0.1) is 0 Å². The molecule has 0 saturated heterocycles.